The highest BCUT2D eigenvalue weighted by Crippen LogP contribution is 2.34. The molecule has 0 spiro atoms. The van der Waals surface area contributed by atoms with Crippen LogP contribution in [0, 0.1) is 23.7 Å². The number of quaternary nitrogens is 4. The molecule has 80 heavy (non-hydrogen) atoms. The Balaban J connectivity index is -0.000000667. The zero-order valence-electron chi connectivity index (χ0n) is 47.6. The van der Waals surface area contributed by atoms with Crippen molar-refractivity contribution in [2.45, 2.75) is 53.4 Å². The molecule has 0 unspecified atom stereocenters. The summed E-state index contributed by atoms with van der Waals surface area (Å²) in [5, 5.41) is 49.4. The molecule has 0 amide bonds. The summed E-state index contributed by atoms with van der Waals surface area (Å²) in [6.07, 6.45) is 2.94. The smallest absolute Gasteiger partial charge is 0.367 e. The van der Waals surface area contributed by atoms with Gasteiger partial charge in [-0.05, 0) is 134 Å². The number of benzene rings is 4. The molecule has 454 valence electrons. The number of nitrogens with two attached hydrogens (primary N) is 2. The summed E-state index contributed by atoms with van der Waals surface area (Å²) in [6, 6.07) is 20.4. The number of alkyl halides is 2. The van der Waals surface area contributed by atoms with Crippen LogP contribution in [0.5, 0.6) is 46.0 Å². The molecule has 0 fully saturated rings. The Morgan fingerprint density at radius 1 is 0.487 bits per heavy atom. The molecule has 19 nitrogen and oxygen atoms in total. The molecule has 0 saturated carbocycles. The summed E-state index contributed by atoms with van der Waals surface area (Å²) in [6.45, 7) is 9.26. The number of esters is 4. The van der Waals surface area contributed by atoms with E-state index in [1.807, 2.05) is 52.5 Å². The second-order valence-electron chi connectivity index (χ2n) is 19.6. The predicted molar refractivity (Wildman–Crippen MR) is 290 cm³/mol. The first-order valence-corrected chi connectivity index (χ1v) is 26.0. The number of aliphatic carboxylic acids is 1. The van der Waals surface area contributed by atoms with Crippen molar-refractivity contribution in [3.63, 3.8) is 0 Å². The van der Waals surface area contributed by atoms with Crippen LogP contribution in [0.1, 0.15) is 49.9 Å². The summed E-state index contributed by atoms with van der Waals surface area (Å²) in [4.78, 5) is 62.3. The number of ether oxygens (including phenoxy) is 4. The third-order valence-corrected chi connectivity index (χ3v) is 11.4. The zero-order chi connectivity index (χ0) is 57.7. The van der Waals surface area contributed by atoms with Crippen molar-refractivity contribution in [2.24, 2.45) is 23.7 Å². The molecular formula is C55H83Cl6N5O14. The maximum absolute atomic E-state index is 12.5. The van der Waals surface area contributed by atoms with Gasteiger partial charge in [0.15, 0.2) is 72.2 Å². The van der Waals surface area contributed by atoms with Gasteiger partial charge in [0, 0.05) is 0 Å². The SMILES string of the molecule is CN(C)CC(=O)O.C[C@H](Cc1ccc(O)c(O)c1)[C@@H](C)Cc1ccc(O)c(O)c1.C[NH2+]CC(=O)Oc1ccc(C[C@H](C)[C@H](C)Cc2ccc(OC(=O)C[NH+](C)C)c(OC(=O)C[NH+](C)C)c2)cc1OC(=O)C[NH2+]C.ClCCl.[Cl-].[Cl-].[Cl-].[Cl-]. The number of halogens is 6. The highest BCUT2D eigenvalue weighted by atomic mass is 35.5. The number of rotatable bonds is 24. The normalized spacial score (nSPS) is 11.7. The van der Waals surface area contributed by atoms with E-state index in [1.54, 1.807) is 80.1 Å². The van der Waals surface area contributed by atoms with Crippen molar-refractivity contribution < 1.29 is 139 Å². The number of carbonyl (C=O) groups excluding carboxylic acids is 4. The molecule has 0 bridgehead atoms. The monoisotopic (exact) mass is 1250 g/mol. The Bertz CT molecular complexity index is 2400. The Labute approximate surface area is 506 Å². The van der Waals surface area contributed by atoms with Gasteiger partial charge in [-0.1, -0.05) is 52.0 Å². The Morgan fingerprint density at radius 3 is 1.02 bits per heavy atom. The molecule has 0 aliphatic rings. The van der Waals surface area contributed by atoms with Crippen molar-refractivity contribution in [3.05, 3.63) is 95.1 Å². The summed E-state index contributed by atoms with van der Waals surface area (Å²) in [5.41, 5.74) is 3.81. The number of likely N-dealkylation sites (N-methyl/N-ethyl adjacent to an activating group) is 5. The molecule has 0 radical (unpaired) electrons. The lowest BCUT2D eigenvalue weighted by Gasteiger charge is -2.21. The van der Waals surface area contributed by atoms with Crippen LogP contribution in [0.15, 0.2) is 72.8 Å². The van der Waals surface area contributed by atoms with Crippen LogP contribution in [-0.4, -0.2) is 155 Å². The van der Waals surface area contributed by atoms with Crippen LogP contribution in [0.25, 0.3) is 0 Å². The van der Waals surface area contributed by atoms with E-state index in [0.29, 0.717) is 24.7 Å². The van der Waals surface area contributed by atoms with E-state index < -0.39 is 29.8 Å². The molecule has 0 aliphatic heterocycles. The van der Waals surface area contributed by atoms with Gasteiger partial charge in [-0.25, -0.2) is 19.2 Å². The van der Waals surface area contributed by atoms with Crippen molar-refractivity contribution in [3.8, 4) is 46.0 Å². The second-order valence-corrected chi connectivity index (χ2v) is 20.4. The fourth-order valence-corrected chi connectivity index (χ4v) is 7.20. The lowest BCUT2D eigenvalue weighted by molar-refractivity contribution is -0.850. The van der Waals surface area contributed by atoms with Crippen LogP contribution in [0.4, 0.5) is 0 Å². The van der Waals surface area contributed by atoms with Crippen molar-refractivity contribution >= 4 is 53.0 Å². The van der Waals surface area contributed by atoms with E-state index >= 15 is 0 Å². The zero-order valence-corrected chi connectivity index (χ0v) is 52.1. The van der Waals surface area contributed by atoms with Gasteiger partial charge >= 0.3 is 29.8 Å². The van der Waals surface area contributed by atoms with E-state index in [0.717, 1.165) is 44.9 Å². The fourth-order valence-electron chi connectivity index (χ4n) is 7.20. The van der Waals surface area contributed by atoms with E-state index in [2.05, 4.69) is 27.7 Å². The highest BCUT2D eigenvalue weighted by Gasteiger charge is 2.22. The summed E-state index contributed by atoms with van der Waals surface area (Å²) in [7, 11) is 14.4. The molecule has 4 rings (SSSR count). The molecule has 25 heteroatoms. The maximum atomic E-state index is 12.5. The number of carbonyl (C=O) groups is 5. The van der Waals surface area contributed by atoms with Gasteiger partial charge < -0.3 is 115 Å². The molecule has 4 atom stereocenters. The average molecular weight is 1250 g/mol. The molecule has 0 aromatic heterocycles. The van der Waals surface area contributed by atoms with E-state index in [1.165, 1.54) is 12.1 Å². The van der Waals surface area contributed by atoms with Gasteiger partial charge in [-0.2, -0.15) is 0 Å². The first-order chi connectivity index (χ1) is 35.7. The summed E-state index contributed by atoms with van der Waals surface area (Å²) < 4.78 is 22.1. The van der Waals surface area contributed by atoms with Gasteiger partial charge in [0.1, 0.15) is 0 Å². The molecule has 4 aromatic rings. The van der Waals surface area contributed by atoms with Crippen molar-refractivity contribution in [1.82, 2.24) is 4.90 Å². The average Bonchev–Trinajstić information content (AvgIpc) is 3.30. The fraction of sp³-hybridized carbons (Fsp3) is 0.473. The van der Waals surface area contributed by atoms with Crippen LogP contribution < -0.4 is 89.0 Å². The van der Waals surface area contributed by atoms with Crippen LogP contribution in [0.2, 0.25) is 0 Å². The number of phenols is 4. The Kier molecular flexibility index (Phi) is 44.5. The van der Waals surface area contributed by atoms with Gasteiger partial charge in [-0.3, -0.25) is 9.69 Å². The molecule has 0 saturated heterocycles. The van der Waals surface area contributed by atoms with Gasteiger partial charge in [0.05, 0.1) is 54.2 Å². The number of nitrogens with one attached hydrogen (secondary N) is 2. The number of hydrogen-bond donors (Lipinski definition) is 9. The maximum Gasteiger partial charge on any atom is 0.367 e. The minimum absolute atomic E-state index is 0. The second kappa shape index (κ2) is 43.7. The largest absolute Gasteiger partial charge is 1.00 e. The van der Waals surface area contributed by atoms with Gasteiger partial charge in [0.2, 0.25) is 0 Å². The lowest BCUT2D eigenvalue weighted by atomic mass is 9.85. The lowest BCUT2D eigenvalue weighted by Crippen LogP contribution is -3.06. The number of carboxylic acids is 1. The third-order valence-electron chi connectivity index (χ3n) is 11.4. The van der Waals surface area contributed by atoms with E-state index in [-0.39, 0.29) is 146 Å². The van der Waals surface area contributed by atoms with Gasteiger partial charge in [-0.15, -0.1) is 23.2 Å². The number of aromatic hydroxyl groups is 4. The molecular weight excluding hydrogens is 1170 g/mol. The Morgan fingerprint density at radius 2 is 0.762 bits per heavy atom. The quantitative estimate of drug-likeness (QED) is 0.0137. The molecule has 0 heterocycles. The third kappa shape index (κ3) is 34.3. The first-order valence-electron chi connectivity index (χ1n) is 24.9. The van der Waals surface area contributed by atoms with Crippen molar-refractivity contribution in [1.29, 1.82) is 0 Å². The standard InChI is InChI=1S/C32H46N4O8.C18H22O4.C4H9NO2.CH2Cl2.4ClH/c1-21(13-23-9-11-25(41-29(37)17-33-3)27(15-23)43-30(38)18-34-4)22(2)14-24-10-12-26(42-31(39)19-35(5)6)28(16-24)44-32(40)20-36(7)8;1-11(7-13-3-5-15(19)17(21)9-13)12(2)8-14-4-6-16(20)18(22)10-14;1-5(2)3-4(6)7;2-1-3;;;;/h9-12,15-16,21-22,33-34H,13-14,17-20H2,1-8H3;3-6,9-12,19-22H,7-8H2,1-2H3;3H2,1-2H3,(H,6,7);1H2;4*1H/t21-,22+;11-,12+;;;;;;/m0......./s1. The topological polar surface area (TPSA) is 269 Å². The van der Waals surface area contributed by atoms with Crippen LogP contribution >= 0.6 is 23.2 Å². The number of carboxylic acid groups (broad SMARTS) is 1. The first kappa shape index (κ1) is 81.4. The minimum Gasteiger partial charge on any atom is -1.00 e. The van der Waals surface area contributed by atoms with E-state index in [9.17, 15) is 44.4 Å². The van der Waals surface area contributed by atoms with Crippen molar-refractivity contribution in [2.75, 3.05) is 94.4 Å². The Hall–Kier alpha value is -5.03. The molecule has 0 aliphatic carbocycles. The van der Waals surface area contributed by atoms with Crippen LogP contribution in [0.3, 0.4) is 0 Å². The molecule has 4 aromatic carbocycles. The number of nitrogens with zero attached hydrogens (tertiary/aromatic N) is 1. The van der Waals surface area contributed by atoms with Crippen LogP contribution in [-0.2, 0) is 49.7 Å². The number of hydrogen-bond acceptors (Lipinski definition) is 14. The minimum atomic E-state index is -0.787. The predicted octanol–water partition coefficient (Wildman–Crippen LogP) is -10.3. The summed E-state index contributed by atoms with van der Waals surface area (Å²) >= 11 is 9.53. The van der Waals surface area contributed by atoms with E-state index in [4.69, 9.17) is 47.3 Å². The number of phenolic OH excluding ortho intramolecular Hbond substituents is 4. The molecule has 11 N–H and O–H groups in total. The summed E-state index contributed by atoms with van der Waals surface area (Å²) in [5.74, 6) is -0.933. The van der Waals surface area contributed by atoms with Gasteiger partial charge in [0.25, 0.3) is 0 Å². The highest BCUT2D eigenvalue weighted by molar-refractivity contribution is 6.40.